The monoisotopic (exact) mass is 343 g/mol. The van der Waals surface area contributed by atoms with Gasteiger partial charge >= 0.3 is 0 Å². The largest absolute Gasteiger partial charge is 0.493 e. The first-order valence-electron chi connectivity index (χ1n) is 8.54. The fourth-order valence-electron chi connectivity index (χ4n) is 2.98. The van der Waals surface area contributed by atoms with Crippen LogP contribution in [0.3, 0.4) is 0 Å². The Morgan fingerprint density at radius 3 is 2.56 bits per heavy atom. The highest BCUT2D eigenvalue weighted by Gasteiger charge is 2.18. The molecule has 3 rings (SSSR count). The number of hydrogen-bond acceptors (Lipinski definition) is 5. The van der Waals surface area contributed by atoms with Gasteiger partial charge in [-0.25, -0.2) is 0 Å². The summed E-state index contributed by atoms with van der Waals surface area (Å²) >= 11 is 0. The fraction of sp³-hybridized carbons (Fsp3) is 0.400. The van der Waals surface area contributed by atoms with E-state index in [-0.39, 0.29) is 18.8 Å². The van der Waals surface area contributed by atoms with Crippen molar-refractivity contribution in [2.24, 2.45) is 5.73 Å². The minimum Gasteiger partial charge on any atom is -0.493 e. The van der Waals surface area contributed by atoms with E-state index in [0.717, 1.165) is 40.5 Å². The lowest BCUT2D eigenvalue weighted by Gasteiger charge is -2.18. The van der Waals surface area contributed by atoms with Crippen molar-refractivity contribution < 1.29 is 18.9 Å². The number of benzene rings is 2. The molecule has 0 radical (unpaired) electrons. The van der Waals surface area contributed by atoms with Crippen LogP contribution >= 0.6 is 0 Å². The number of rotatable bonds is 7. The predicted molar refractivity (Wildman–Crippen MR) is 96.8 cm³/mol. The average Bonchev–Trinajstić information content (AvgIpc) is 3.07. The summed E-state index contributed by atoms with van der Waals surface area (Å²) in [6.45, 7) is 4.83. The smallest absolute Gasteiger partial charge is 0.231 e. The lowest BCUT2D eigenvalue weighted by Crippen LogP contribution is -2.15. The first kappa shape index (κ1) is 17.4. The summed E-state index contributed by atoms with van der Waals surface area (Å²) in [5, 5.41) is 0. The normalized spacial score (nSPS) is 13.8. The van der Waals surface area contributed by atoms with E-state index in [0.29, 0.717) is 6.54 Å². The summed E-state index contributed by atoms with van der Waals surface area (Å²) in [6, 6.07) is 12.1. The fourth-order valence-corrected chi connectivity index (χ4v) is 2.98. The zero-order chi connectivity index (χ0) is 17.8. The molecule has 1 heterocycles. The molecule has 2 aromatic rings. The minimum absolute atomic E-state index is 0.0864. The Balaban J connectivity index is 1.81. The van der Waals surface area contributed by atoms with Crippen LogP contribution in [0.5, 0.6) is 23.0 Å². The van der Waals surface area contributed by atoms with Crippen molar-refractivity contribution in [1.29, 1.82) is 0 Å². The highest BCUT2D eigenvalue weighted by molar-refractivity contribution is 5.47. The number of hydrogen-bond donors (Lipinski definition) is 1. The van der Waals surface area contributed by atoms with Crippen LogP contribution in [0.15, 0.2) is 36.4 Å². The van der Waals surface area contributed by atoms with E-state index in [1.54, 1.807) is 7.11 Å². The quantitative estimate of drug-likeness (QED) is 0.834. The molecule has 0 spiro atoms. The van der Waals surface area contributed by atoms with Gasteiger partial charge in [0.05, 0.1) is 13.2 Å². The van der Waals surface area contributed by atoms with Crippen molar-refractivity contribution in [2.45, 2.75) is 32.3 Å². The van der Waals surface area contributed by atoms with Crippen LogP contribution in [0.1, 0.15) is 30.9 Å². The molecule has 0 bridgehead atoms. The summed E-state index contributed by atoms with van der Waals surface area (Å²) in [6.07, 6.45) is 0.900. The lowest BCUT2D eigenvalue weighted by molar-refractivity contribution is 0.174. The molecule has 1 unspecified atom stereocenters. The molecule has 25 heavy (non-hydrogen) atoms. The van der Waals surface area contributed by atoms with Crippen molar-refractivity contribution in [3.63, 3.8) is 0 Å². The molecule has 0 amide bonds. The second-order valence-corrected chi connectivity index (χ2v) is 6.40. The number of methoxy groups -OCH3 is 1. The highest BCUT2D eigenvalue weighted by Crippen LogP contribution is 2.36. The van der Waals surface area contributed by atoms with E-state index in [2.05, 4.69) is 12.1 Å². The maximum atomic E-state index is 6.04. The summed E-state index contributed by atoms with van der Waals surface area (Å²) in [7, 11) is 1.65. The summed E-state index contributed by atoms with van der Waals surface area (Å²) in [4.78, 5) is 0. The Bertz CT molecular complexity index is 730. The van der Waals surface area contributed by atoms with Crippen LogP contribution < -0.4 is 24.7 Å². The van der Waals surface area contributed by atoms with E-state index >= 15 is 0 Å². The standard InChI is InChI=1S/C20H25NO4/c1-13(2)25-20-9-14(4-6-17(20)22-3)8-16(11-21)15-5-7-18-19(10-15)24-12-23-18/h4-7,9-10,13,16H,8,11-12,21H2,1-3H3. The molecule has 0 fully saturated rings. The van der Waals surface area contributed by atoms with Crippen LogP contribution in [-0.2, 0) is 6.42 Å². The zero-order valence-corrected chi connectivity index (χ0v) is 15.0. The molecule has 2 N–H and O–H groups in total. The van der Waals surface area contributed by atoms with Gasteiger partial charge in [0.1, 0.15) is 0 Å². The summed E-state index contributed by atoms with van der Waals surface area (Å²) in [5.74, 6) is 3.27. The maximum Gasteiger partial charge on any atom is 0.231 e. The highest BCUT2D eigenvalue weighted by atomic mass is 16.7. The van der Waals surface area contributed by atoms with Gasteiger partial charge in [-0.15, -0.1) is 0 Å². The van der Waals surface area contributed by atoms with Gasteiger partial charge in [-0.1, -0.05) is 12.1 Å². The molecule has 1 aliphatic rings. The molecule has 5 heteroatoms. The summed E-state index contributed by atoms with van der Waals surface area (Å²) in [5.41, 5.74) is 8.35. The number of nitrogens with two attached hydrogens (primary N) is 1. The molecule has 0 saturated carbocycles. The first-order valence-corrected chi connectivity index (χ1v) is 8.54. The Kier molecular flexibility index (Phi) is 5.34. The van der Waals surface area contributed by atoms with Gasteiger partial charge in [0, 0.05) is 5.92 Å². The van der Waals surface area contributed by atoms with Crippen LogP contribution in [0, 0.1) is 0 Å². The van der Waals surface area contributed by atoms with E-state index < -0.39 is 0 Å². The molecule has 1 atom stereocenters. The van der Waals surface area contributed by atoms with Crippen LogP contribution in [0.4, 0.5) is 0 Å². The predicted octanol–water partition coefficient (Wildman–Crippen LogP) is 3.50. The third-order valence-corrected chi connectivity index (χ3v) is 4.23. The number of fused-ring (bicyclic) bond motifs is 1. The van der Waals surface area contributed by atoms with Crippen molar-refractivity contribution in [3.8, 4) is 23.0 Å². The molecule has 0 saturated heterocycles. The molecule has 134 valence electrons. The van der Waals surface area contributed by atoms with Crippen LogP contribution in [0.25, 0.3) is 0 Å². The van der Waals surface area contributed by atoms with Gasteiger partial charge in [0.2, 0.25) is 6.79 Å². The van der Waals surface area contributed by atoms with Crippen molar-refractivity contribution in [3.05, 3.63) is 47.5 Å². The van der Waals surface area contributed by atoms with Crippen molar-refractivity contribution in [1.82, 2.24) is 0 Å². The molecule has 5 nitrogen and oxygen atoms in total. The van der Waals surface area contributed by atoms with Gasteiger partial charge in [0.15, 0.2) is 23.0 Å². The van der Waals surface area contributed by atoms with E-state index in [9.17, 15) is 0 Å². The topological polar surface area (TPSA) is 62.9 Å². The lowest BCUT2D eigenvalue weighted by atomic mass is 9.91. The molecular weight excluding hydrogens is 318 g/mol. The van der Waals surface area contributed by atoms with Gasteiger partial charge in [0.25, 0.3) is 0 Å². The Morgan fingerprint density at radius 1 is 1.04 bits per heavy atom. The third kappa shape index (κ3) is 3.99. The van der Waals surface area contributed by atoms with Gasteiger partial charge in [-0.05, 0) is 62.2 Å². The third-order valence-electron chi connectivity index (χ3n) is 4.23. The molecule has 1 aliphatic heterocycles. The molecule has 0 aromatic heterocycles. The van der Waals surface area contributed by atoms with E-state index in [4.69, 9.17) is 24.7 Å². The second kappa shape index (κ2) is 7.66. The van der Waals surface area contributed by atoms with E-state index in [1.807, 2.05) is 38.1 Å². The second-order valence-electron chi connectivity index (χ2n) is 6.40. The van der Waals surface area contributed by atoms with Crippen LogP contribution in [0.2, 0.25) is 0 Å². The first-order chi connectivity index (χ1) is 12.1. The van der Waals surface area contributed by atoms with Crippen molar-refractivity contribution in [2.75, 3.05) is 20.4 Å². The minimum atomic E-state index is 0.0864. The zero-order valence-electron chi connectivity index (χ0n) is 15.0. The number of ether oxygens (including phenoxy) is 4. The Labute approximate surface area is 148 Å². The van der Waals surface area contributed by atoms with Gasteiger partial charge in [-0.3, -0.25) is 0 Å². The van der Waals surface area contributed by atoms with Crippen LogP contribution in [-0.4, -0.2) is 26.6 Å². The Morgan fingerprint density at radius 2 is 1.84 bits per heavy atom. The maximum absolute atomic E-state index is 6.04. The van der Waals surface area contributed by atoms with Crippen molar-refractivity contribution >= 4 is 0 Å². The molecule has 0 aliphatic carbocycles. The van der Waals surface area contributed by atoms with Gasteiger partial charge in [-0.2, -0.15) is 0 Å². The molecule has 2 aromatic carbocycles. The Hall–Kier alpha value is -2.40. The SMILES string of the molecule is COc1ccc(CC(CN)c2ccc3c(c2)OCO3)cc1OC(C)C. The average molecular weight is 343 g/mol. The molecular formula is C20H25NO4. The van der Waals surface area contributed by atoms with E-state index in [1.165, 1.54) is 0 Å². The van der Waals surface area contributed by atoms with Gasteiger partial charge < -0.3 is 24.7 Å². The summed E-state index contributed by atoms with van der Waals surface area (Å²) < 4.78 is 22.1.